The summed E-state index contributed by atoms with van der Waals surface area (Å²) < 4.78 is 4.85. The first-order valence-corrected chi connectivity index (χ1v) is 4.29. The molecule has 1 rings (SSSR count). The van der Waals surface area contributed by atoms with Crippen LogP contribution in [0.2, 0.25) is 0 Å². The standard InChI is InChI=1S/C8H13NO5/c1-14-4-5-2-3-9(8(12)13)6(5)7(10)11/h5-6H,2-4H2,1H3,(H,10,11)(H,12,13)/t5-,6-/m0/s1. The van der Waals surface area contributed by atoms with Crippen LogP contribution in [0.3, 0.4) is 0 Å². The Kier molecular flexibility index (Phi) is 3.29. The Hall–Kier alpha value is -1.30. The Balaban J connectivity index is 2.74. The Morgan fingerprint density at radius 1 is 1.50 bits per heavy atom. The largest absolute Gasteiger partial charge is 0.480 e. The van der Waals surface area contributed by atoms with E-state index in [0.717, 1.165) is 4.90 Å². The molecule has 1 amide bonds. The van der Waals surface area contributed by atoms with Gasteiger partial charge >= 0.3 is 12.1 Å². The minimum absolute atomic E-state index is 0.242. The van der Waals surface area contributed by atoms with Crippen molar-refractivity contribution in [2.45, 2.75) is 12.5 Å². The molecule has 2 atom stereocenters. The highest BCUT2D eigenvalue weighted by atomic mass is 16.5. The van der Waals surface area contributed by atoms with Gasteiger partial charge in [0.2, 0.25) is 0 Å². The lowest BCUT2D eigenvalue weighted by molar-refractivity contribution is -0.143. The van der Waals surface area contributed by atoms with Gasteiger partial charge in [-0.1, -0.05) is 0 Å². The maximum atomic E-state index is 10.8. The summed E-state index contributed by atoms with van der Waals surface area (Å²) >= 11 is 0. The molecule has 0 aromatic rings. The number of carbonyl (C=O) groups is 2. The number of nitrogens with zero attached hydrogens (tertiary/aromatic N) is 1. The molecule has 6 heteroatoms. The zero-order chi connectivity index (χ0) is 10.7. The van der Waals surface area contributed by atoms with E-state index in [9.17, 15) is 9.59 Å². The number of rotatable bonds is 3. The van der Waals surface area contributed by atoms with Crippen molar-refractivity contribution in [2.24, 2.45) is 5.92 Å². The van der Waals surface area contributed by atoms with Crippen molar-refractivity contribution < 1.29 is 24.5 Å². The number of amides is 1. The van der Waals surface area contributed by atoms with Crippen molar-refractivity contribution in [1.29, 1.82) is 0 Å². The van der Waals surface area contributed by atoms with Crippen molar-refractivity contribution in [2.75, 3.05) is 20.3 Å². The lowest BCUT2D eigenvalue weighted by Gasteiger charge is -2.21. The smallest absolute Gasteiger partial charge is 0.408 e. The minimum atomic E-state index is -1.18. The van der Waals surface area contributed by atoms with E-state index in [0.29, 0.717) is 6.42 Å². The molecule has 0 spiro atoms. The number of methoxy groups -OCH3 is 1. The normalized spacial score (nSPS) is 26.5. The summed E-state index contributed by atoms with van der Waals surface area (Å²) in [7, 11) is 1.47. The highest BCUT2D eigenvalue weighted by Crippen LogP contribution is 2.24. The van der Waals surface area contributed by atoms with Crippen molar-refractivity contribution in [3.63, 3.8) is 0 Å². The zero-order valence-electron chi connectivity index (χ0n) is 7.84. The Bertz CT molecular complexity index is 242. The molecule has 0 saturated carbocycles. The van der Waals surface area contributed by atoms with Gasteiger partial charge in [0.1, 0.15) is 6.04 Å². The number of ether oxygens (including phenoxy) is 1. The molecule has 1 aliphatic heterocycles. The van der Waals surface area contributed by atoms with E-state index in [1.807, 2.05) is 0 Å². The molecule has 0 aromatic carbocycles. The predicted molar refractivity (Wildman–Crippen MR) is 46.1 cm³/mol. The third-order valence-electron chi connectivity index (χ3n) is 2.40. The molecular weight excluding hydrogens is 190 g/mol. The van der Waals surface area contributed by atoms with Crippen molar-refractivity contribution in [3.8, 4) is 0 Å². The second-order valence-corrected chi connectivity index (χ2v) is 3.26. The van der Waals surface area contributed by atoms with Gasteiger partial charge in [0, 0.05) is 19.6 Å². The molecule has 14 heavy (non-hydrogen) atoms. The fourth-order valence-electron chi connectivity index (χ4n) is 1.79. The quantitative estimate of drug-likeness (QED) is 0.678. The highest BCUT2D eigenvalue weighted by molar-refractivity contribution is 5.80. The molecule has 0 aromatic heterocycles. The van der Waals surface area contributed by atoms with E-state index in [-0.39, 0.29) is 19.1 Å². The van der Waals surface area contributed by atoms with Gasteiger partial charge in [0.15, 0.2) is 0 Å². The van der Waals surface area contributed by atoms with Crippen LogP contribution in [-0.2, 0) is 9.53 Å². The van der Waals surface area contributed by atoms with Crippen molar-refractivity contribution in [3.05, 3.63) is 0 Å². The van der Waals surface area contributed by atoms with Gasteiger partial charge in [-0.3, -0.25) is 4.90 Å². The van der Waals surface area contributed by atoms with Crippen LogP contribution in [0.1, 0.15) is 6.42 Å². The van der Waals surface area contributed by atoms with Gasteiger partial charge in [-0.15, -0.1) is 0 Å². The van der Waals surface area contributed by atoms with E-state index >= 15 is 0 Å². The van der Waals surface area contributed by atoms with Crippen LogP contribution in [0.25, 0.3) is 0 Å². The number of likely N-dealkylation sites (tertiary alicyclic amines) is 1. The van der Waals surface area contributed by atoms with Crippen LogP contribution in [0.4, 0.5) is 4.79 Å². The summed E-state index contributed by atoms with van der Waals surface area (Å²) in [6, 6.07) is -0.965. The lowest BCUT2D eigenvalue weighted by atomic mass is 10.0. The fraction of sp³-hybridized carbons (Fsp3) is 0.750. The summed E-state index contributed by atoms with van der Waals surface area (Å²) in [5.74, 6) is -1.35. The topological polar surface area (TPSA) is 87.1 Å². The summed E-state index contributed by atoms with van der Waals surface area (Å²) in [6.07, 6.45) is -0.645. The number of hydrogen-bond acceptors (Lipinski definition) is 3. The van der Waals surface area contributed by atoms with Gasteiger partial charge in [0.25, 0.3) is 0 Å². The molecule has 80 valence electrons. The third kappa shape index (κ3) is 1.95. The van der Waals surface area contributed by atoms with Crippen molar-refractivity contribution in [1.82, 2.24) is 4.90 Å². The first-order valence-electron chi connectivity index (χ1n) is 4.29. The van der Waals surface area contributed by atoms with Gasteiger partial charge in [-0.05, 0) is 6.42 Å². The van der Waals surface area contributed by atoms with Gasteiger partial charge < -0.3 is 14.9 Å². The molecule has 6 nitrogen and oxygen atoms in total. The first kappa shape index (κ1) is 10.8. The number of aliphatic carboxylic acids is 1. The number of hydrogen-bond donors (Lipinski definition) is 2. The molecule has 1 saturated heterocycles. The van der Waals surface area contributed by atoms with E-state index in [1.165, 1.54) is 7.11 Å². The van der Waals surface area contributed by atoms with Gasteiger partial charge in [-0.25, -0.2) is 9.59 Å². The van der Waals surface area contributed by atoms with Crippen LogP contribution in [0, 0.1) is 5.92 Å². The molecule has 1 fully saturated rings. The Labute approximate surface area is 81.1 Å². The summed E-state index contributed by atoms with van der Waals surface area (Å²) in [6.45, 7) is 0.543. The van der Waals surface area contributed by atoms with E-state index < -0.39 is 18.1 Å². The van der Waals surface area contributed by atoms with Crippen LogP contribution < -0.4 is 0 Å². The predicted octanol–water partition coefficient (Wildman–Crippen LogP) is 0.0859. The second-order valence-electron chi connectivity index (χ2n) is 3.26. The van der Waals surface area contributed by atoms with Crippen LogP contribution in [0.15, 0.2) is 0 Å². The molecule has 0 unspecified atom stereocenters. The van der Waals surface area contributed by atoms with Crippen LogP contribution in [-0.4, -0.2) is 53.5 Å². The van der Waals surface area contributed by atoms with E-state index in [4.69, 9.17) is 14.9 Å². The van der Waals surface area contributed by atoms with E-state index in [1.54, 1.807) is 0 Å². The molecular formula is C8H13NO5. The lowest BCUT2D eigenvalue weighted by Crippen LogP contribution is -2.43. The highest BCUT2D eigenvalue weighted by Gasteiger charge is 2.41. The average Bonchev–Trinajstić information content (AvgIpc) is 2.48. The van der Waals surface area contributed by atoms with Gasteiger partial charge in [-0.2, -0.15) is 0 Å². The van der Waals surface area contributed by atoms with Crippen molar-refractivity contribution >= 4 is 12.1 Å². The second kappa shape index (κ2) is 4.28. The third-order valence-corrected chi connectivity index (χ3v) is 2.40. The maximum absolute atomic E-state index is 10.8. The molecule has 2 N–H and O–H groups in total. The van der Waals surface area contributed by atoms with E-state index in [2.05, 4.69) is 0 Å². The minimum Gasteiger partial charge on any atom is -0.480 e. The van der Waals surface area contributed by atoms with Crippen LogP contribution >= 0.6 is 0 Å². The average molecular weight is 203 g/mol. The number of carboxylic acids is 1. The fourth-order valence-corrected chi connectivity index (χ4v) is 1.79. The Morgan fingerprint density at radius 3 is 2.57 bits per heavy atom. The molecule has 1 aliphatic rings. The maximum Gasteiger partial charge on any atom is 0.408 e. The SMILES string of the molecule is COC[C@@H]1CCN(C(=O)O)[C@@H]1C(=O)O. The molecule has 1 heterocycles. The first-order chi connectivity index (χ1) is 6.57. The van der Waals surface area contributed by atoms with Gasteiger partial charge in [0.05, 0.1) is 6.61 Å². The van der Waals surface area contributed by atoms with Crippen LogP contribution in [0.5, 0.6) is 0 Å². The zero-order valence-corrected chi connectivity index (χ0v) is 7.84. The summed E-state index contributed by atoms with van der Waals surface area (Å²) in [5, 5.41) is 17.6. The summed E-state index contributed by atoms with van der Waals surface area (Å²) in [5.41, 5.74) is 0. The molecule has 0 bridgehead atoms. The molecule has 0 aliphatic carbocycles. The summed E-state index contributed by atoms with van der Waals surface area (Å²) in [4.78, 5) is 22.5. The Morgan fingerprint density at radius 2 is 2.14 bits per heavy atom. The molecule has 0 radical (unpaired) electrons. The number of carboxylic acid groups (broad SMARTS) is 2. The monoisotopic (exact) mass is 203 g/mol.